The number of furan rings is 1. The van der Waals surface area contributed by atoms with Gasteiger partial charge < -0.3 is 19.4 Å². The quantitative estimate of drug-likeness (QED) is 0.830. The summed E-state index contributed by atoms with van der Waals surface area (Å²) in [7, 11) is 1.93. The largest absolute Gasteiger partial charge is 0.486 e. The summed E-state index contributed by atoms with van der Waals surface area (Å²) in [5.74, 6) is 1.56. The van der Waals surface area contributed by atoms with Crippen molar-refractivity contribution in [3.05, 3.63) is 53.7 Å². The van der Waals surface area contributed by atoms with Gasteiger partial charge in [0, 0.05) is 13.1 Å². The third-order valence-corrected chi connectivity index (χ3v) is 4.37. The third kappa shape index (κ3) is 5.22. The van der Waals surface area contributed by atoms with Gasteiger partial charge in [0.05, 0.1) is 0 Å². The van der Waals surface area contributed by atoms with Gasteiger partial charge in [0.1, 0.15) is 23.9 Å². The van der Waals surface area contributed by atoms with E-state index in [1.54, 1.807) is 24.3 Å². The van der Waals surface area contributed by atoms with E-state index in [0.29, 0.717) is 23.2 Å². The lowest BCUT2D eigenvalue weighted by Crippen LogP contribution is -2.42. The highest BCUT2D eigenvalue weighted by molar-refractivity contribution is 5.91. The fraction of sp³-hybridized carbons (Fsp3) is 0.421. The van der Waals surface area contributed by atoms with Crippen LogP contribution in [0.1, 0.15) is 29.2 Å². The molecule has 1 aromatic heterocycles. The third-order valence-electron chi connectivity index (χ3n) is 4.37. The molecule has 7 heteroatoms. The molecular weight excluding hydrogens is 359 g/mol. The molecule has 0 aliphatic carbocycles. The Morgan fingerprint density at radius 2 is 2.08 bits per heavy atom. The molecule has 2 aromatic rings. The van der Waals surface area contributed by atoms with Crippen molar-refractivity contribution < 1.29 is 18.3 Å². The summed E-state index contributed by atoms with van der Waals surface area (Å²) in [5.41, 5.74) is 0. The lowest BCUT2D eigenvalue weighted by Gasteiger charge is -2.32. The number of piperidine rings is 1. The lowest BCUT2D eigenvalue weighted by atomic mass is 9.98. The molecule has 1 unspecified atom stereocenters. The molecule has 1 atom stereocenters. The highest BCUT2D eigenvalue weighted by atomic mass is 35.5. The number of likely N-dealkylation sites (tertiary alicyclic amines) is 1. The van der Waals surface area contributed by atoms with Gasteiger partial charge in [0.15, 0.2) is 5.76 Å². The van der Waals surface area contributed by atoms with Gasteiger partial charge >= 0.3 is 0 Å². The highest BCUT2D eigenvalue weighted by Crippen LogP contribution is 2.20. The Kier molecular flexibility index (Phi) is 7.48. The number of hydrogen-bond acceptors (Lipinski definition) is 4. The fourth-order valence-corrected chi connectivity index (χ4v) is 3.12. The second kappa shape index (κ2) is 9.59. The van der Waals surface area contributed by atoms with Crippen LogP contribution in [0.3, 0.4) is 0 Å². The van der Waals surface area contributed by atoms with Crippen LogP contribution >= 0.6 is 12.4 Å². The number of halogens is 2. The summed E-state index contributed by atoms with van der Waals surface area (Å²) in [6.45, 7) is 2.63. The number of hydrogen-bond donors (Lipinski definition) is 1. The fourth-order valence-electron chi connectivity index (χ4n) is 3.12. The molecule has 1 aliphatic rings. The van der Waals surface area contributed by atoms with E-state index in [1.165, 1.54) is 12.1 Å². The Balaban J connectivity index is 0.00000243. The van der Waals surface area contributed by atoms with E-state index in [2.05, 4.69) is 5.32 Å². The molecule has 1 aliphatic heterocycles. The standard InChI is InChI=1S/C19H23FN2O3.ClH/c1-21-11-14-3-2-10-22(12-14)19(23)18-9-8-17(25-18)13-24-16-6-4-15(20)5-7-16;/h4-9,14,21H,2-3,10-13H2,1H3;1H. The van der Waals surface area contributed by atoms with Crippen LogP contribution in [0, 0.1) is 11.7 Å². The van der Waals surface area contributed by atoms with Crippen molar-refractivity contribution in [2.45, 2.75) is 19.4 Å². The van der Waals surface area contributed by atoms with Crippen molar-refractivity contribution in [2.75, 3.05) is 26.7 Å². The van der Waals surface area contributed by atoms with Gasteiger partial charge in [-0.25, -0.2) is 4.39 Å². The summed E-state index contributed by atoms with van der Waals surface area (Å²) in [4.78, 5) is 14.5. The van der Waals surface area contributed by atoms with Crippen molar-refractivity contribution >= 4 is 18.3 Å². The van der Waals surface area contributed by atoms with Crippen molar-refractivity contribution in [3.8, 4) is 5.75 Å². The number of nitrogens with zero attached hydrogens (tertiary/aromatic N) is 1. The van der Waals surface area contributed by atoms with Gasteiger partial charge in [-0.2, -0.15) is 0 Å². The maximum Gasteiger partial charge on any atom is 0.289 e. The van der Waals surface area contributed by atoms with Gasteiger partial charge in [0.2, 0.25) is 0 Å². The van der Waals surface area contributed by atoms with Crippen LogP contribution in [0.4, 0.5) is 4.39 Å². The van der Waals surface area contributed by atoms with Crippen LogP contribution in [0.5, 0.6) is 5.75 Å². The lowest BCUT2D eigenvalue weighted by molar-refractivity contribution is 0.0638. The first-order valence-electron chi connectivity index (χ1n) is 8.56. The Morgan fingerprint density at radius 3 is 2.81 bits per heavy atom. The minimum Gasteiger partial charge on any atom is -0.486 e. The van der Waals surface area contributed by atoms with Crippen LogP contribution in [0.25, 0.3) is 0 Å². The van der Waals surface area contributed by atoms with Gasteiger partial charge in [-0.1, -0.05) is 0 Å². The van der Waals surface area contributed by atoms with Crippen molar-refractivity contribution in [1.29, 1.82) is 0 Å². The first-order chi connectivity index (χ1) is 12.2. The number of carbonyl (C=O) groups is 1. The van der Waals surface area contributed by atoms with Crippen molar-refractivity contribution in [3.63, 3.8) is 0 Å². The molecule has 1 aromatic carbocycles. The van der Waals surface area contributed by atoms with Crippen molar-refractivity contribution in [2.24, 2.45) is 5.92 Å². The normalized spacial score (nSPS) is 16.8. The first-order valence-corrected chi connectivity index (χ1v) is 8.56. The maximum atomic E-state index is 12.9. The van der Waals surface area contributed by atoms with E-state index < -0.39 is 0 Å². The number of ether oxygens (including phenoxy) is 1. The molecule has 2 heterocycles. The number of rotatable bonds is 6. The minimum atomic E-state index is -0.309. The van der Waals surface area contributed by atoms with Gasteiger partial charge in [-0.3, -0.25) is 4.79 Å². The topological polar surface area (TPSA) is 54.7 Å². The molecule has 5 nitrogen and oxygen atoms in total. The summed E-state index contributed by atoms with van der Waals surface area (Å²) in [5, 5.41) is 3.18. The van der Waals surface area contributed by atoms with E-state index in [4.69, 9.17) is 9.15 Å². The van der Waals surface area contributed by atoms with E-state index >= 15 is 0 Å². The van der Waals surface area contributed by atoms with E-state index in [0.717, 1.165) is 32.5 Å². The molecule has 0 bridgehead atoms. The first kappa shape index (κ1) is 20.3. The Morgan fingerprint density at radius 1 is 1.31 bits per heavy atom. The number of benzene rings is 1. The molecule has 1 N–H and O–H groups in total. The molecule has 1 amide bonds. The minimum absolute atomic E-state index is 0. The van der Waals surface area contributed by atoms with Crippen LogP contribution in [-0.4, -0.2) is 37.5 Å². The molecule has 142 valence electrons. The van der Waals surface area contributed by atoms with E-state index in [1.807, 2.05) is 11.9 Å². The zero-order valence-corrected chi connectivity index (χ0v) is 15.6. The second-order valence-electron chi connectivity index (χ2n) is 6.33. The summed E-state index contributed by atoms with van der Waals surface area (Å²) >= 11 is 0. The van der Waals surface area contributed by atoms with Crippen molar-refractivity contribution in [1.82, 2.24) is 10.2 Å². The number of amides is 1. The van der Waals surface area contributed by atoms with Gasteiger partial charge in [0.25, 0.3) is 5.91 Å². The van der Waals surface area contributed by atoms with Crippen LogP contribution in [0.2, 0.25) is 0 Å². The average molecular weight is 383 g/mol. The van der Waals surface area contributed by atoms with Gasteiger partial charge in [-0.05, 0) is 68.8 Å². The SMILES string of the molecule is CNCC1CCCN(C(=O)c2ccc(COc3ccc(F)cc3)o2)C1.Cl. The molecule has 0 saturated carbocycles. The summed E-state index contributed by atoms with van der Waals surface area (Å²) in [6.07, 6.45) is 2.15. The number of nitrogens with one attached hydrogen (secondary N) is 1. The maximum absolute atomic E-state index is 12.9. The summed E-state index contributed by atoms with van der Waals surface area (Å²) in [6, 6.07) is 9.22. The Hall–Kier alpha value is -2.05. The molecular formula is C19H24ClFN2O3. The highest BCUT2D eigenvalue weighted by Gasteiger charge is 2.25. The zero-order valence-electron chi connectivity index (χ0n) is 14.7. The predicted molar refractivity (Wildman–Crippen MR) is 99.2 cm³/mol. The summed E-state index contributed by atoms with van der Waals surface area (Å²) < 4.78 is 24.0. The molecule has 26 heavy (non-hydrogen) atoms. The number of carbonyl (C=O) groups excluding carboxylic acids is 1. The molecule has 0 spiro atoms. The van der Waals surface area contributed by atoms with E-state index in [9.17, 15) is 9.18 Å². The molecule has 0 radical (unpaired) electrons. The van der Waals surface area contributed by atoms with Crippen LogP contribution in [-0.2, 0) is 6.61 Å². The molecule has 1 fully saturated rings. The molecule has 1 saturated heterocycles. The van der Waals surface area contributed by atoms with Gasteiger partial charge in [-0.15, -0.1) is 12.4 Å². The smallest absolute Gasteiger partial charge is 0.289 e. The Labute approximate surface area is 158 Å². The average Bonchev–Trinajstić information content (AvgIpc) is 3.10. The van der Waals surface area contributed by atoms with Crippen LogP contribution < -0.4 is 10.1 Å². The second-order valence-corrected chi connectivity index (χ2v) is 6.33. The molecule has 3 rings (SSSR count). The Bertz CT molecular complexity index is 703. The predicted octanol–water partition coefficient (Wildman–Crippen LogP) is 3.49. The van der Waals surface area contributed by atoms with Crippen LogP contribution in [0.15, 0.2) is 40.8 Å². The zero-order chi connectivity index (χ0) is 17.6. The van der Waals surface area contributed by atoms with E-state index in [-0.39, 0.29) is 30.7 Å². The monoisotopic (exact) mass is 382 g/mol.